The van der Waals surface area contributed by atoms with Crippen LogP contribution in [0.15, 0.2) is 30.3 Å². The lowest BCUT2D eigenvalue weighted by atomic mass is 9.97. The lowest BCUT2D eigenvalue weighted by Crippen LogP contribution is -2.53. The topological polar surface area (TPSA) is 76.1 Å². The minimum Gasteiger partial charge on any atom is -0.480 e. The van der Waals surface area contributed by atoms with Crippen molar-refractivity contribution >= 4 is 12.1 Å². The molecule has 1 unspecified atom stereocenters. The number of carbonyl (C=O) groups is 2. The Kier molecular flexibility index (Phi) is 4.57. The van der Waals surface area contributed by atoms with Crippen molar-refractivity contribution in [1.82, 2.24) is 4.90 Å². The molecule has 1 aliphatic rings. The van der Waals surface area contributed by atoms with Gasteiger partial charge in [-0.2, -0.15) is 0 Å². The highest BCUT2D eigenvalue weighted by Crippen LogP contribution is 2.20. The lowest BCUT2D eigenvalue weighted by molar-refractivity contribution is -0.152. The molecule has 1 saturated heterocycles. The Morgan fingerprint density at radius 1 is 1.40 bits per heavy atom. The fourth-order valence-electron chi connectivity index (χ4n) is 2.05. The van der Waals surface area contributed by atoms with Crippen molar-refractivity contribution in [2.45, 2.75) is 12.6 Å². The number of hydrogen-bond acceptors (Lipinski definition) is 4. The van der Waals surface area contributed by atoms with Gasteiger partial charge in [0, 0.05) is 13.0 Å². The van der Waals surface area contributed by atoms with E-state index in [2.05, 4.69) is 0 Å². The molecular weight excluding hydrogens is 262 g/mol. The fourth-order valence-corrected chi connectivity index (χ4v) is 2.05. The summed E-state index contributed by atoms with van der Waals surface area (Å²) in [6.45, 7) is 0.831. The van der Waals surface area contributed by atoms with Gasteiger partial charge < -0.3 is 14.6 Å². The maximum absolute atomic E-state index is 11.9. The first-order valence-electron chi connectivity index (χ1n) is 6.33. The van der Waals surface area contributed by atoms with Crippen molar-refractivity contribution in [2.75, 3.05) is 20.3 Å². The summed E-state index contributed by atoms with van der Waals surface area (Å²) in [4.78, 5) is 24.3. The predicted molar refractivity (Wildman–Crippen MR) is 70.1 cm³/mol. The second kappa shape index (κ2) is 6.38. The lowest BCUT2D eigenvalue weighted by Gasteiger charge is -2.35. The van der Waals surface area contributed by atoms with Crippen molar-refractivity contribution in [1.29, 1.82) is 0 Å². The Morgan fingerprint density at radius 2 is 2.05 bits per heavy atom. The Labute approximate surface area is 116 Å². The molecule has 1 atom stereocenters. The third-order valence-corrected chi connectivity index (χ3v) is 3.27. The Balaban J connectivity index is 1.91. The van der Waals surface area contributed by atoms with Gasteiger partial charge in [-0.3, -0.25) is 4.90 Å². The number of amides is 1. The first-order chi connectivity index (χ1) is 9.59. The van der Waals surface area contributed by atoms with Gasteiger partial charge in [0.2, 0.25) is 0 Å². The SMILES string of the molecule is CN(C(=O)OCc1ccccc1)C(C(=O)O)C1COC1. The van der Waals surface area contributed by atoms with Crippen LogP contribution in [0, 0.1) is 5.92 Å². The van der Waals surface area contributed by atoms with Crippen LogP contribution >= 0.6 is 0 Å². The van der Waals surface area contributed by atoms with E-state index in [0.29, 0.717) is 13.2 Å². The number of aliphatic carboxylic acids is 1. The van der Waals surface area contributed by atoms with Crippen molar-refractivity contribution in [3.8, 4) is 0 Å². The summed E-state index contributed by atoms with van der Waals surface area (Å²) in [6.07, 6.45) is -0.645. The van der Waals surface area contributed by atoms with Gasteiger partial charge in [-0.25, -0.2) is 9.59 Å². The molecule has 0 aromatic heterocycles. The van der Waals surface area contributed by atoms with Gasteiger partial charge in [-0.15, -0.1) is 0 Å². The van der Waals surface area contributed by atoms with E-state index in [-0.39, 0.29) is 12.5 Å². The fraction of sp³-hybridized carbons (Fsp3) is 0.429. The number of carboxylic acid groups (broad SMARTS) is 1. The zero-order chi connectivity index (χ0) is 14.5. The molecule has 0 spiro atoms. The Morgan fingerprint density at radius 3 is 2.55 bits per heavy atom. The van der Waals surface area contributed by atoms with Crippen LogP contribution in [-0.2, 0) is 20.9 Å². The summed E-state index contributed by atoms with van der Waals surface area (Å²) in [5, 5.41) is 9.21. The zero-order valence-electron chi connectivity index (χ0n) is 11.2. The number of carbonyl (C=O) groups excluding carboxylic acids is 1. The van der Waals surface area contributed by atoms with Crippen LogP contribution in [0.5, 0.6) is 0 Å². The molecule has 0 bridgehead atoms. The number of nitrogens with zero attached hydrogens (tertiary/aromatic N) is 1. The molecule has 1 heterocycles. The molecule has 108 valence electrons. The van der Waals surface area contributed by atoms with E-state index in [0.717, 1.165) is 10.5 Å². The highest BCUT2D eigenvalue weighted by Gasteiger charge is 2.39. The highest BCUT2D eigenvalue weighted by molar-refractivity contribution is 5.80. The highest BCUT2D eigenvalue weighted by atomic mass is 16.6. The van der Waals surface area contributed by atoms with Crippen LogP contribution in [0.3, 0.4) is 0 Å². The molecule has 1 fully saturated rings. The average Bonchev–Trinajstić information content (AvgIpc) is 2.40. The second-order valence-corrected chi connectivity index (χ2v) is 4.73. The van der Waals surface area contributed by atoms with E-state index in [9.17, 15) is 14.7 Å². The summed E-state index contributed by atoms with van der Waals surface area (Å²) in [5.41, 5.74) is 0.855. The summed E-state index contributed by atoms with van der Waals surface area (Å²) >= 11 is 0. The number of hydrogen-bond donors (Lipinski definition) is 1. The van der Waals surface area contributed by atoms with E-state index >= 15 is 0 Å². The van der Waals surface area contributed by atoms with Crippen LogP contribution in [0.4, 0.5) is 4.79 Å². The summed E-state index contributed by atoms with van der Waals surface area (Å²) in [6, 6.07) is 8.32. The first-order valence-corrected chi connectivity index (χ1v) is 6.33. The normalized spacial score (nSPS) is 16.1. The average molecular weight is 279 g/mol. The molecule has 6 nitrogen and oxygen atoms in total. The maximum atomic E-state index is 11.9. The molecule has 0 radical (unpaired) electrons. The quantitative estimate of drug-likeness (QED) is 0.880. The number of ether oxygens (including phenoxy) is 2. The third kappa shape index (κ3) is 3.27. The number of likely N-dealkylation sites (N-methyl/N-ethyl adjacent to an activating group) is 1. The minimum absolute atomic E-state index is 0.123. The molecule has 1 aliphatic heterocycles. The molecule has 1 aromatic carbocycles. The van der Waals surface area contributed by atoms with Gasteiger partial charge in [0.1, 0.15) is 12.6 Å². The Bertz CT molecular complexity index is 472. The van der Waals surface area contributed by atoms with E-state index in [1.165, 1.54) is 7.05 Å². The first kappa shape index (κ1) is 14.3. The number of benzene rings is 1. The van der Waals surface area contributed by atoms with Crippen molar-refractivity contribution in [3.63, 3.8) is 0 Å². The van der Waals surface area contributed by atoms with Crippen LogP contribution in [0.1, 0.15) is 5.56 Å². The van der Waals surface area contributed by atoms with E-state index < -0.39 is 18.1 Å². The summed E-state index contributed by atoms with van der Waals surface area (Å²) < 4.78 is 10.1. The monoisotopic (exact) mass is 279 g/mol. The van der Waals surface area contributed by atoms with Crippen LogP contribution in [0.25, 0.3) is 0 Å². The third-order valence-electron chi connectivity index (χ3n) is 3.27. The molecule has 1 N–H and O–H groups in total. The summed E-state index contributed by atoms with van der Waals surface area (Å²) in [5.74, 6) is -1.22. The predicted octanol–water partition coefficient (Wildman–Crippen LogP) is 1.35. The maximum Gasteiger partial charge on any atom is 0.410 e. The van der Waals surface area contributed by atoms with Gasteiger partial charge >= 0.3 is 12.1 Å². The van der Waals surface area contributed by atoms with Crippen molar-refractivity contribution in [3.05, 3.63) is 35.9 Å². The van der Waals surface area contributed by atoms with Gasteiger partial charge in [0.05, 0.1) is 13.2 Å². The standard InChI is InChI=1S/C14H17NO5/c1-15(12(13(16)17)11-8-19-9-11)14(18)20-7-10-5-3-2-4-6-10/h2-6,11-12H,7-9H2,1H3,(H,16,17). The van der Waals surface area contributed by atoms with Crippen molar-refractivity contribution in [2.24, 2.45) is 5.92 Å². The molecule has 2 rings (SSSR count). The van der Waals surface area contributed by atoms with E-state index in [1.54, 1.807) is 0 Å². The second-order valence-electron chi connectivity index (χ2n) is 4.73. The molecule has 0 saturated carbocycles. The van der Waals surface area contributed by atoms with Gasteiger partial charge in [0.15, 0.2) is 0 Å². The van der Waals surface area contributed by atoms with Crippen molar-refractivity contribution < 1.29 is 24.2 Å². The van der Waals surface area contributed by atoms with E-state index in [4.69, 9.17) is 9.47 Å². The molecule has 0 aliphatic carbocycles. The smallest absolute Gasteiger partial charge is 0.410 e. The van der Waals surface area contributed by atoms with E-state index in [1.807, 2.05) is 30.3 Å². The van der Waals surface area contributed by atoms with Crippen LogP contribution < -0.4 is 0 Å². The van der Waals surface area contributed by atoms with Gasteiger partial charge in [-0.1, -0.05) is 30.3 Å². The summed E-state index contributed by atoms with van der Waals surface area (Å²) in [7, 11) is 1.43. The molecule has 20 heavy (non-hydrogen) atoms. The minimum atomic E-state index is -1.04. The van der Waals surface area contributed by atoms with Crippen LogP contribution in [-0.4, -0.2) is 48.4 Å². The molecular formula is C14H17NO5. The molecule has 6 heteroatoms. The van der Waals surface area contributed by atoms with Crippen LogP contribution in [0.2, 0.25) is 0 Å². The van der Waals surface area contributed by atoms with Gasteiger partial charge in [0.25, 0.3) is 0 Å². The molecule has 1 aromatic rings. The number of carboxylic acids is 1. The molecule has 1 amide bonds. The Hall–Kier alpha value is -2.08. The van der Waals surface area contributed by atoms with Gasteiger partial charge in [-0.05, 0) is 5.56 Å². The largest absolute Gasteiger partial charge is 0.480 e. The number of rotatable bonds is 5. The zero-order valence-corrected chi connectivity index (χ0v) is 11.2.